The van der Waals surface area contributed by atoms with Gasteiger partial charge in [0.15, 0.2) is 11.5 Å². The summed E-state index contributed by atoms with van der Waals surface area (Å²) in [4.78, 5) is 17.4. The third-order valence-electron chi connectivity index (χ3n) is 5.20. The van der Waals surface area contributed by atoms with Gasteiger partial charge in [0.05, 0.1) is 12.2 Å². The van der Waals surface area contributed by atoms with E-state index in [1.165, 1.54) is 6.07 Å². The summed E-state index contributed by atoms with van der Waals surface area (Å²) in [5.74, 6) is 0.147. The quantitative estimate of drug-likeness (QED) is 0.229. The molecule has 0 amide bonds. The van der Waals surface area contributed by atoms with Gasteiger partial charge in [0.2, 0.25) is 0 Å². The van der Waals surface area contributed by atoms with Crippen LogP contribution in [0.2, 0.25) is 0 Å². The molecule has 34 heavy (non-hydrogen) atoms. The highest BCUT2D eigenvalue weighted by molar-refractivity contribution is 6.31. The molecule has 0 bridgehead atoms. The molecule has 0 spiro atoms. The lowest BCUT2D eigenvalue weighted by Crippen LogP contribution is -2.07. The van der Waals surface area contributed by atoms with Crippen molar-refractivity contribution in [3.63, 3.8) is 0 Å². The molecular weight excluding hydrogens is 433 g/mol. The minimum Gasteiger partial charge on any atom is -0.490 e. The van der Waals surface area contributed by atoms with Crippen LogP contribution in [0.5, 0.6) is 11.5 Å². The Morgan fingerprint density at radius 3 is 2.53 bits per heavy atom. The third kappa shape index (κ3) is 5.07. The van der Waals surface area contributed by atoms with E-state index in [2.05, 4.69) is 11.7 Å². The Kier molecular flexibility index (Phi) is 7.18. The number of halogens is 1. The van der Waals surface area contributed by atoms with E-state index in [0.717, 1.165) is 16.7 Å². The molecule has 3 aromatic carbocycles. The van der Waals surface area contributed by atoms with Crippen molar-refractivity contribution < 1.29 is 23.5 Å². The fraction of sp³-hybridized carbons (Fsp3) is 0.143. The summed E-state index contributed by atoms with van der Waals surface area (Å²) < 4.78 is 26.0. The molecule has 3 aromatic rings. The van der Waals surface area contributed by atoms with E-state index in [0.29, 0.717) is 41.4 Å². The Balaban J connectivity index is 1.72. The van der Waals surface area contributed by atoms with Gasteiger partial charge in [0, 0.05) is 16.7 Å². The van der Waals surface area contributed by atoms with Crippen LogP contribution in [-0.4, -0.2) is 18.3 Å². The van der Waals surface area contributed by atoms with Gasteiger partial charge >= 0.3 is 5.97 Å². The third-order valence-corrected chi connectivity index (χ3v) is 5.20. The molecule has 0 unspecified atom stereocenters. The van der Waals surface area contributed by atoms with Gasteiger partial charge in [-0.15, -0.1) is 6.58 Å². The van der Waals surface area contributed by atoms with Crippen molar-refractivity contribution in [1.29, 1.82) is 0 Å². The minimum atomic E-state index is -0.526. The topological polar surface area (TPSA) is 57.1 Å². The number of rotatable bonds is 9. The fourth-order valence-electron chi connectivity index (χ4n) is 3.65. The van der Waals surface area contributed by atoms with Gasteiger partial charge in [-0.25, -0.2) is 9.18 Å². The van der Waals surface area contributed by atoms with Gasteiger partial charge < -0.3 is 14.3 Å². The smallest absolute Gasteiger partial charge is 0.368 e. The van der Waals surface area contributed by atoms with Crippen LogP contribution in [0.3, 0.4) is 0 Å². The maximum Gasteiger partial charge on any atom is 0.368 e. The van der Waals surface area contributed by atoms with Crippen LogP contribution in [-0.2, 0) is 22.7 Å². The summed E-state index contributed by atoms with van der Waals surface area (Å²) in [5, 5.41) is 3.96. The molecule has 0 saturated heterocycles. The number of ether oxygens (including phenoxy) is 2. The summed E-state index contributed by atoms with van der Waals surface area (Å²) >= 11 is 0. The first-order valence-corrected chi connectivity index (χ1v) is 10.9. The summed E-state index contributed by atoms with van der Waals surface area (Å²) in [6.07, 6.45) is 3.96. The van der Waals surface area contributed by atoms with E-state index in [4.69, 9.17) is 14.3 Å². The normalized spacial score (nSPS) is 14.0. The van der Waals surface area contributed by atoms with Crippen molar-refractivity contribution in [2.45, 2.75) is 20.0 Å². The fourth-order valence-corrected chi connectivity index (χ4v) is 3.65. The molecule has 172 valence electrons. The van der Waals surface area contributed by atoms with Gasteiger partial charge in [-0.2, -0.15) is 0 Å². The van der Waals surface area contributed by atoms with E-state index in [1.807, 2.05) is 43.3 Å². The Labute approximate surface area is 197 Å². The number of carbonyl (C=O) groups excluding carboxylic acids is 1. The molecular formula is C28H24FNO4. The molecule has 4 rings (SSSR count). The average molecular weight is 458 g/mol. The van der Waals surface area contributed by atoms with E-state index < -0.39 is 5.97 Å². The number of benzene rings is 3. The van der Waals surface area contributed by atoms with Crippen molar-refractivity contribution in [2.24, 2.45) is 5.16 Å². The number of hydrogen-bond donors (Lipinski definition) is 0. The van der Waals surface area contributed by atoms with Crippen LogP contribution in [0, 0.1) is 5.82 Å². The summed E-state index contributed by atoms with van der Waals surface area (Å²) in [7, 11) is 0. The first-order chi connectivity index (χ1) is 16.6. The Hall–Kier alpha value is -4.19. The molecule has 6 heteroatoms. The number of hydrogen-bond acceptors (Lipinski definition) is 5. The molecule has 1 aliphatic rings. The summed E-state index contributed by atoms with van der Waals surface area (Å²) in [6.45, 7) is 6.16. The maximum atomic E-state index is 14.1. The number of carbonyl (C=O) groups is 1. The molecule has 0 atom stereocenters. The predicted octanol–water partition coefficient (Wildman–Crippen LogP) is 5.88. The van der Waals surface area contributed by atoms with Crippen molar-refractivity contribution in [3.8, 4) is 11.5 Å². The first-order valence-electron chi connectivity index (χ1n) is 10.9. The van der Waals surface area contributed by atoms with Crippen LogP contribution >= 0.6 is 0 Å². The highest BCUT2D eigenvalue weighted by Gasteiger charge is 2.27. The molecule has 0 saturated carbocycles. The van der Waals surface area contributed by atoms with E-state index in [-0.39, 0.29) is 12.4 Å². The Morgan fingerprint density at radius 2 is 1.79 bits per heavy atom. The van der Waals surface area contributed by atoms with Crippen LogP contribution in [0.4, 0.5) is 4.39 Å². The number of nitrogens with zero attached hydrogens (tertiary/aromatic N) is 1. The second-order valence-electron chi connectivity index (χ2n) is 7.56. The van der Waals surface area contributed by atoms with Crippen LogP contribution in [0.1, 0.15) is 29.2 Å². The molecule has 0 fully saturated rings. The van der Waals surface area contributed by atoms with Gasteiger partial charge in [0.25, 0.3) is 0 Å². The van der Waals surface area contributed by atoms with Crippen LogP contribution < -0.4 is 9.47 Å². The van der Waals surface area contributed by atoms with Crippen molar-refractivity contribution in [2.75, 3.05) is 6.61 Å². The highest BCUT2D eigenvalue weighted by Crippen LogP contribution is 2.36. The lowest BCUT2D eigenvalue weighted by atomic mass is 9.99. The monoisotopic (exact) mass is 457 g/mol. The van der Waals surface area contributed by atoms with Gasteiger partial charge in [0.1, 0.15) is 18.1 Å². The molecule has 0 radical (unpaired) electrons. The second kappa shape index (κ2) is 10.6. The SMILES string of the molecule is C=CCc1cc(/C=C2\C(=O)ON=C2c2ccccc2)cc(OCC)c1OCc1ccccc1F. The highest BCUT2D eigenvalue weighted by atomic mass is 19.1. The zero-order valence-electron chi connectivity index (χ0n) is 18.8. The van der Waals surface area contributed by atoms with E-state index in [9.17, 15) is 9.18 Å². The molecule has 5 nitrogen and oxygen atoms in total. The predicted molar refractivity (Wildman–Crippen MR) is 129 cm³/mol. The van der Waals surface area contributed by atoms with Crippen LogP contribution in [0.15, 0.2) is 90.1 Å². The van der Waals surface area contributed by atoms with Crippen molar-refractivity contribution >= 4 is 17.8 Å². The first kappa shape index (κ1) is 23.0. The van der Waals surface area contributed by atoms with Crippen LogP contribution in [0.25, 0.3) is 6.08 Å². The zero-order chi connectivity index (χ0) is 23.9. The summed E-state index contributed by atoms with van der Waals surface area (Å²) in [5.41, 5.74) is 3.55. The minimum absolute atomic E-state index is 0.0501. The van der Waals surface area contributed by atoms with E-state index >= 15 is 0 Å². The molecule has 0 N–H and O–H groups in total. The largest absolute Gasteiger partial charge is 0.490 e. The van der Waals surface area contributed by atoms with Gasteiger partial charge in [-0.1, -0.05) is 59.8 Å². The number of allylic oxidation sites excluding steroid dienone is 1. The maximum absolute atomic E-state index is 14.1. The molecule has 0 aromatic heterocycles. The van der Waals surface area contributed by atoms with Gasteiger partial charge in [-0.05, 0) is 43.2 Å². The summed E-state index contributed by atoms with van der Waals surface area (Å²) in [6, 6.07) is 19.5. The number of oxime groups is 1. The average Bonchev–Trinajstić information content (AvgIpc) is 3.20. The zero-order valence-corrected chi connectivity index (χ0v) is 18.8. The van der Waals surface area contributed by atoms with Gasteiger partial charge in [-0.3, -0.25) is 0 Å². The van der Waals surface area contributed by atoms with Crippen molar-refractivity contribution in [3.05, 3.63) is 113 Å². The Bertz CT molecular complexity index is 1260. The van der Waals surface area contributed by atoms with E-state index in [1.54, 1.807) is 36.4 Å². The van der Waals surface area contributed by atoms with Crippen molar-refractivity contribution in [1.82, 2.24) is 0 Å². The Morgan fingerprint density at radius 1 is 1.03 bits per heavy atom. The molecule has 0 aliphatic carbocycles. The molecule has 1 heterocycles. The molecule has 1 aliphatic heterocycles. The lowest BCUT2D eigenvalue weighted by molar-refractivity contribution is -0.136. The lowest BCUT2D eigenvalue weighted by Gasteiger charge is -2.17. The second-order valence-corrected chi connectivity index (χ2v) is 7.56. The standard InChI is InChI=1S/C28H24FNO4/c1-3-10-21-15-19(16-23-26(30-34-28(23)31)20-11-6-5-7-12-20)17-25(32-4-2)27(21)33-18-22-13-8-9-14-24(22)29/h3,5-9,11-17H,1,4,10,18H2,2H3/b23-16-.